The van der Waals surface area contributed by atoms with E-state index in [9.17, 15) is 18.7 Å². The first-order valence-electron chi connectivity index (χ1n) is 13.1. The number of nitrogens with zero attached hydrogens (tertiary/aromatic N) is 4. The summed E-state index contributed by atoms with van der Waals surface area (Å²) >= 11 is 0. The number of amides is 1. The van der Waals surface area contributed by atoms with Crippen molar-refractivity contribution < 1.29 is 27.9 Å². The molecule has 5 aliphatic rings. The average molecular weight is 496 g/mol. The summed E-state index contributed by atoms with van der Waals surface area (Å²) < 4.78 is 38.1. The molecule has 9 nitrogen and oxygen atoms in total. The molecule has 2 N–H and O–H groups in total. The molecule has 6 rings (SSSR count). The van der Waals surface area contributed by atoms with E-state index in [2.05, 4.69) is 20.4 Å². The lowest BCUT2D eigenvalue weighted by atomic mass is 9.62. The molecule has 2 aliphatic carbocycles. The molecule has 0 aromatic carbocycles. The van der Waals surface area contributed by atoms with Crippen LogP contribution in [-0.4, -0.2) is 95.0 Å². The second-order valence-corrected chi connectivity index (χ2v) is 11.3. The first-order chi connectivity index (χ1) is 16.8. The zero-order valence-corrected chi connectivity index (χ0v) is 20.1. The fraction of sp³-hybridized carbons (Fsp3) is 0.875. The van der Waals surface area contributed by atoms with Crippen molar-refractivity contribution in [3.63, 3.8) is 0 Å². The van der Waals surface area contributed by atoms with Crippen LogP contribution >= 0.6 is 0 Å². The lowest BCUT2D eigenvalue weighted by Crippen LogP contribution is -2.63. The summed E-state index contributed by atoms with van der Waals surface area (Å²) in [6.45, 7) is 4.40. The monoisotopic (exact) mass is 495 g/mol. The van der Waals surface area contributed by atoms with Crippen LogP contribution in [0.25, 0.3) is 0 Å². The summed E-state index contributed by atoms with van der Waals surface area (Å²) in [5.74, 6) is -2.14. The fourth-order valence-corrected chi connectivity index (χ4v) is 6.74. The number of rotatable bonds is 4. The maximum Gasteiger partial charge on any atom is 0.249 e. The van der Waals surface area contributed by atoms with E-state index in [1.165, 1.54) is 0 Å². The largest absolute Gasteiger partial charge is 0.392 e. The molecule has 1 amide bonds. The molecule has 2 atom stereocenters. The molecule has 0 unspecified atom stereocenters. The number of hydrogen-bond donors (Lipinski definition) is 2. The summed E-state index contributed by atoms with van der Waals surface area (Å²) in [7, 11) is 0. The van der Waals surface area contributed by atoms with Gasteiger partial charge in [-0.1, -0.05) is 11.6 Å². The number of carbonyl (C=O) groups excluding carboxylic acids is 1. The van der Waals surface area contributed by atoms with Crippen molar-refractivity contribution in [3.8, 4) is 0 Å². The number of likely N-dealkylation sites (tertiary alicyclic amines) is 1. The number of morpholine rings is 1. The molecule has 1 aromatic rings. The molecule has 3 aliphatic heterocycles. The SMILES string of the molecule is O=C([C@@H]1C[C@@H](O)C2(CCC2)CN1)N1CCC(c2nc(C3CC(F)(F)C3)no2)(N2CCOCC2)CC1. The van der Waals surface area contributed by atoms with E-state index in [-0.39, 0.29) is 36.1 Å². The summed E-state index contributed by atoms with van der Waals surface area (Å²) in [6.07, 6.45) is 4.01. The van der Waals surface area contributed by atoms with Crippen molar-refractivity contribution in [1.29, 1.82) is 0 Å². The van der Waals surface area contributed by atoms with Gasteiger partial charge in [-0.25, -0.2) is 8.78 Å². The Kier molecular flexibility index (Phi) is 5.89. The Hall–Kier alpha value is -1.69. The molecule has 0 radical (unpaired) electrons. The lowest BCUT2D eigenvalue weighted by Gasteiger charge is -2.51. The molecule has 11 heteroatoms. The Bertz CT molecular complexity index is 932. The normalized spacial score (nSPS) is 32.7. The van der Waals surface area contributed by atoms with E-state index in [4.69, 9.17) is 9.26 Å². The van der Waals surface area contributed by atoms with E-state index < -0.39 is 17.6 Å². The Morgan fingerprint density at radius 1 is 1.09 bits per heavy atom. The van der Waals surface area contributed by atoms with Crippen LogP contribution in [0.1, 0.15) is 69.0 Å². The number of piperidine rings is 2. The number of aliphatic hydroxyl groups is 1. The Balaban J connectivity index is 1.15. The standard InChI is InChI=1S/C24H35F2N5O4/c25-24(26)13-16(14-24)19-28-21(35-29-19)23(31-8-10-34-11-9-31)4-6-30(7-5-23)20(33)17-12-18(32)22(15-27-17)2-1-3-22/h16-18,27,32H,1-15H2/t17-,18+/m0/s1. The van der Waals surface area contributed by atoms with Crippen molar-refractivity contribution in [2.75, 3.05) is 45.9 Å². The lowest BCUT2D eigenvalue weighted by molar-refractivity contribution is -0.143. The van der Waals surface area contributed by atoms with Crippen LogP contribution < -0.4 is 5.32 Å². The zero-order valence-electron chi connectivity index (χ0n) is 20.1. The van der Waals surface area contributed by atoms with Gasteiger partial charge in [0.1, 0.15) is 5.54 Å². The molecular formula is C24H35F2N5O4. The van der Waals surface area contributed by atoms with E-state index in [0.717, 1.165) is 19.3 Å². The van der Waals surface area contributed by atoms with Gasteiger partial charge in [-0.05, 0) is 32.1 Å². The second-order valence-electron chi connectivity index (χ2n) is 11.3. The maximum atomic E-state index is 13.4. The molecule has 0 bridgehead atoms. The molecule has 5 fully saturated rings. The highest BCUT2D eigenvalue weighted by Crippen LogP contribution is 2.49. The molecule has 194 valence electrons. The number of carbonyl (C=O) groups is 1. The number of alkyl halides is 2. The van der Waals surface area contributed by atoms with Crippen LogP contribution in [0.3, 0.4) is 0 Å². The average Bonchev–Trinajstić information content (AvgIpc) is 3.32. The van der Waals surface area contributed by atoms with Crippen molar-refractivity contribution in [3.05, 3.63) is 11.7 Å². The van der Waals surface area contributed by atoms with Gasteiger partial charge >= 0.3 is 0 Å². The topological polar surface area (TPSA) is 104 Å². The van der Waals surface area contributed by atoms with Gasteiger partial charge in [0.2, 0.25) is 17.7 Å². The van der Waals surface area contributed by atoms with E-state index >= 15 is 0 Å². The van der Waals surface area contributed by atoms with Crippen LogP contribution in [-0.2, 0) is 15.1 Å². The number of hydrogen-bond acceptors (Lipinski definition) is 8. The molecule has 1 spiro atoms. The van der Waals surface area contributed by atoms with Gasteiger partial charge in [-0.3, -0.25) is 9.69 Å². The van der Waals surface area contributed by atoms with E-state index in [1.807, 2.05) is 4.90 Å². The molecule has 2 saturated carbocycles. The van der Waals surface area contributed by atoms with Gasteiger partial charge in [0.05, 0.1) is 25.4 Å². The molecule has 4 heterocycles. The number of nitrogens with one attached hydrogen (secondary N) is 1. The zero-order chi connectivity index (χ0) is 24.3. The van der Waals surface area contributed by atoms with Crippen molar-refractivity contribution in [2.24, 2.45) is 5.41 Å². The first kappa shape index (κ1) is 23.7. The van der Waals surface area contributed by atoms with Crippen LogP contribution in [0.2, 0.25) is 0 Å². The van der Waals surface area contributed by atoms with Gasteiger partial charge in [-0.2, -0.15) is 4.98 Å². The Morgan fingerprint density at radius 3 is 2.40 bits per heavy atom. The minimum Gasteiger partial charge on any atom is -0.392 e. The van der Waals surface area contributed by atoms with Crippen molar-refractivity contribution in [1.82, 2.24) is 25.3 Å². The Morgan fingerprint density at radius 2 is 1.80 bits per heavy atom. The number of halogens is 2. The predicted octanol–water partition coefficient (Wildman–Crippen LogP) is 1.63. The fourth-order valence-electron chi connectivity index (χ4n) is 6.74. The van der Waals surface area contributed by atoms with Gasteiger partial charge in [0.15, 0.2) is 5.82 Å². The quantitative estimate of drug-likeness (QED) is 0.650. The molecule has 1 aromatic heterocycles. The highest BCUT2D eigenvalue weighted by molar-refractivity contribution is 5.82. The molecule has 3 saturated heterocycles. The third kappa shape index (κ3) is 4.08. The minimum absolute atomic E-state index is 0.0375. The third-order valence-corrected chi connectivity index (χ3v) is 9.33. The van der Waals surface area contributed by atoms with Crippen LogP contribution in [0, 0.1) is 5.41 Å². The maximum absolute atomic E-state index is 13.4. The van der Waals surface area contributed by atoms with Crippen molar-refractivity contribution >= 4 is 5.91 Å². The summed E-state index contributed by atoms with van der Waals surface area (Å²) in [4.78, 5) is 22.1. The number of aromatic nitrogens is 2. The second kappa shape index (κ2) is 8.71. The first-order valence-corrected chi connectivity index (χ1v) is 13.1. The number of ether oxygens (including phenoxy) is 1. The number of aliphatic hydroxyl groups excluding tert-OH is 1. The summed E-state index contributed by atoms with van der Waals surface area (Å²) in [6, 6.07) is -0.359. The highest BCUT2D eigenvalue weighted by atomic mass is 19.3. The smallest absolute Gasteiger partial charge is 0.249 e. The molecule has 35 heavy (non-hydrogen) atoms. The van der Waals surface area contributed by atoms with Gasteiger partial charge in [-0.15, -0.1) is 0 Å². The van der Waals surface area contributed by atoms with E-state index in [0.29, 0.717) is 76.9 Å². The molecular weight excluding hydrogens is 460 g/mol. The summed E-state index contributed by atoms with van der Waals surface area (Å²) in [5.41, 5.74) is -0.572. The van der Waals surface area contributed by atoms with Gasteiger partial charge in [0.25, 0.3) is 0 Å². The highest BCUT2D eigenvalue weighted by Gasteiger charge is 2.52. The predicted molar refractivity (Wildman–Crippen MR) is 120 cm³/mol. The van der Waals surface area contributed by atoms with Crippen LogP contribution in [0.15, 0.2) is 4.52 Å². The van der Waals surface area contributed by atoms with Crippen LogP contribution in [0.5, 0.6) is 0 Å². The Labute approximate surface area is 203 Å². The van der Waals surface area contributed by atoms with Crippen LogP contribution in [0.4, 0.5) is 8.78 Å². The minimum atomic E-state index is -2.64. The van der Waals surface area contributed by atoms with Gasteiger partial charge in [0, 0.05) is 56.9 Å². The van der Waals surface area contributed by atoms with Gasteiger partial charge < -0.3 is 24.6 Å². The van der Waals surface area contributed by atoms with E-state index in [1.54, 1.807) is 0 Å². The van der Waals surface area contributed by atoms with Crippen molar-refractivity contribution in [2.45, 2.75) is 80.9 Å². The third-order valence-electron chi connectivity index (χ3n) is 9.33. The summed E-state index contributed by atoms with van der Waals surface area (Å²) in [5, 5.41) is 18.2.